The zero-order chi connectivity index (χ0) is 14.0. The summed E-state index contributed by atoms with van der Waals surface area (Å²) in [7, 11) is 0. The van der Waals surface area contributed by atoms with Crippen LogP contribution in [0.2, 0.25) is 5.15 Å². The van der Waals surface area contributed by atoms with Crippen LogP contribution in [0.25, 0.3) is 0 Å². The predicted octanol–water partition coefficient (Wildman–Crippen LogP) is 4.82. The summed E-state index contributed by atoms with van der Waals surface area (Å²) in [4.78, 5) is 8.73. The summed E-state index contributed by atoms with van der Waals surface area (Å²) in [5.41, 5.74) is 3.00. The van der Waals surface area contributed by atoms with E-state index in [1.807, 2.05) is 39.0 Å². The van der Waals surface area contributed by atoms with Crippen molar-refractivity contribution in [3.05, 3.63) is 44.8 Å². The van der Waals surface area contributed by atoms with Crippen LogP contribution in [0.15, 0.2) is 22.7 Å². The number of hydrogen-bond acceptors (Lipinski definition) is 3. The lowest BCUT2D eigenvalue weighted by Crippen LogP contribution is -2.04. The van der Waals surface area contributed by atoms with Crippen LogP contribution in [0.5, 0.6) is 0 Å². The average molecular weight is 341 g/mol. The molecule has 19 heavy (non-hydrogen) atoms. The number of hydrogen-bond donors (Lipinski definition) is 1. The minimum absolute atomic E-state index is 0.502. The van der Waals surface area contributed by atoms with Gasteiger partial charge in [0.2, 0.25) is 0 Å². The van der Waals surface area contributed by atoms with Crippen molar-refractivity contribution in [3.8, 4) is 0 Å². The van der Waals surface area contributed by atoms with E-state index >= 15 is 0 Å². The van der Waals surface area contributed by atoms with Gasteiger partial charge in [0.1, 0.15) is 16.8 Å². The number of anilines is 2. The molecule has 0 bridgehead atoms. The van der Waals surface area contributed by atoms with Crippen molar-refractivity contribution in [2.75, 3.05) is 5.32 Å². The van der Waals surface area contributed by atoms with Gasteiger partial charge in [0.15, 0.2) is 0 Å². The van der Waals surface area contributed by atoms with Crippen molar-refractivity contribution >= 4 is 39.0 Å². The zero-order valence-corrected chi connectivity index (χ0v) is 13.4. The Morgan fingerprint density at radius 3 is 2.63 bits per heavy atom. The summed E-state index contributed by atoms with van der Waals surface area (Å²) < 4.78 is 1.06. The van der Waals surface area contributed by atoms with Crippen molar-refractivity contribution < 1.29 is 0 Å². The molecule has 0 saturated carbocycles. The molecule has 100 valence electrons. The first-order valence-electron chi connectivity index (χ1n) is 6.08. The van der Waals surface area contributed by atoms with Crippen molar-refractivity contribution in [2.45, 2.75) is 27.2 Å². The van der Waals surface area contributed by atoms with E-state index in [0.717, 1.165) is 39.4 Å². The minimum atomic E-state index is 0.502. The summed E-state index contributed by atoms with van der Waals surface area (Å²) in [5, 5.41) is 3.83. The van der Waals surface area contributed by atoms with Crippen LogP contribution in [0.3, 0.4) is 0 Å². The van der Waals surface area contributed by atoms with Crippen LogP contribution in [-0.4, -0.2) is 9.97 Å². The van der Waals surface area contributed by atoms with Crippen molar-refractivity contribution in [2.24, 2.45) is 0 Å². The van der Waals surface area contributed by atoms with Gasteiger partial charge in [-0.15, -0.1) is 0 Å². The van der Waals surface area contributed by atoms with Gasteiger partial charge in [0.25, 0.3) is 0 Å². The van der Waals surface area contributed by atoms with Crippen LogP contribution in [0.4, 0.5) is 11.5 Å². The molecule has 0 atom stereocenters. The lowest BCUT2D eigenvalue weighted by molar-refractivity contribution is 0.934. The summed E-state index contributed by atoms with van der Waals surface area (Å²) in [6.07, 6.45) is 0.756. The van der Waals surface area contributed by atoms with Gasteiger partial charge in [-0.25, -0.2) is 9.97 Å². The van der Waals surface area contributed by atoms with Gasteiger partial charge in [-0.1, -0.05) is 40.5 Å². The molecule has 0 aliphatic carbocycles. The van der Waals surface area contributed by atoms with Crippen LogP contribution < -0.4 is 5.32 Å². The second-order valence-corrected chi connectivity index (χ2v) is 5.51. The van der Waals surface area contributed by atoms with Gasteiger partial charge < -0.3 is 5.32 Å². The Hall–Kier alpha value is -1.13. The normalized spacial score (nSPS) is 10.6. The summed E-state index contributed by atoms with van der Waals surface area (Å²) in [6, 6.07) is 6.01. The van der Waals surface area contributed by atoms with E-state index in [1.165, 1.54) is 0 Å². The number of halogens is 2. The van der Waals surface area contributed by atoms with Crippen molar-refractivity contribution in [1.82, 2.24) is 9.97 Å². The highest BCUT2D eigenvalue weighted by atomic mass is 79.9. The number of benzene rings is 1. The molecule has 0 aliphatic heterocycles. The third-order valence-electron chi connectivity index (χ3n) is 2.97. The smallest absolute Gasteiger partial charge is 0.138 e. The molecule has 0 fully saturated rings. The zero-order valence-electron chi connectivity index (χ0n) is 11.1. The maximum Gasteiger partial charge on any atom is 0.138 e. The Balaban J connectivity index is 2.43. The molecule has 5 heteroatoms. The molecule has 0 aliphatic rings. The van der Waals surface area contributed by atoms with E-state index in [-0.39, 0.29) is 0 Å². The second-order valence-electron chi connectivity index (χ2n) is 4.30. The molecule has 1 heterocycles. The lowest BCUT2D eigenvalue weighted by atomic mass is 10.2. The summed E-state index contributed by atoms with van der Waals surface area (Å²) in [5.74, 6) is 1.50. The van der Waals surface area contributed by atoms with E-state index in [0.29, 0.717) is 5.15 Å². The second kappa shape index (κ2) is 5.88. The first kappa shape index (κ1) is 14.3. The molecule has 3 nitrogen and oxygen atoms in total. The summed E-state index contributed by atoms with van der Waals surface area (Å²) >= 11 is 9.66. The molecule has 0 radical (unpaired) electrons. The highest BCUT2D eigenvalue weighted by Crippen LogP contribution is 2.28. The molecule has 1 aromatic carbocycles. The molecular weight excluding hydrogens is 326 g/mol. The lowest BCUT2D eigenvalue weighted by Gasteiger charge is -2.13. The van der Waals surface area contributed by atoms with Crippen LogP contribution in [-0.2, 0) is 6.42 Å². The average Bonchev–Trinajstić information content (AvgIpc) is 2.39. The third-order valence-corrected chi connectivity index (χ3v) is 4.20. The first-order valence-corrected chi connectivity index (χ1v) is 7.25. The molecule has 0 spiro atoms. The molecule has 0 amide bonds. The summed E-state index contributed by atoms with van der Waals surface area (Å²) in [6.45, 7) is 5.97. The molecule has 1 aromatic heterocycles. The van der Waals surface area contributed by atoms with E-state index in [9.17, 15) is 0 Å². The van der Waals surface area contributed by atoms with Gasteiger partial charge >= 0.3 is 0 Å². The molecule has 0 unspecified atom stereocenters. The first-order chi connectivity index (χ1) is 9.02. The standard InChI is InChI=1S/C14H15BrClN3/c1-4-12-18-13(16)9(3)14(19-12)17-11-7-5-6-10(15)8(11)2/h5-7H,4H2,1-3H3,(H,17,18,19). The Morgan fingerprint density at radius 2 is 1.95 bits per heavy atom. The van der Waals surface area contributed by atoms with Gasteiger partial charge in [-0.05, 0) is 31.5 Å². The van der Waals surface area contributed by atoms with E-state index in [4.69, 9.17) is 11.6 Å². The topological polar surface area (TPSA) is 37.8 Å². The fourth-order valence-corrected chi connectivity index (χ4v) is 2.24. The number of nitrogens with zero attached hydrogens (tertiary/aromatic N) is 2. The largest absolute Gasteiger partial charge is 0.340 e. The molecule has 2 rings (SSSR count). The Morgan fingerprint density at radius 1 is 1.21 bits per heavy atom. The maximum atomic E-state index is 6.13. The number of rotatable bonds is 3. The minimum Gasteiger partial charge on any atom is -0.340 e. The van der Waals surface area contributed by atoms with Gasteiger partial charge in [-0.2, -0.15) is 0 Å². The molecule has 2 aromatic rings. The van der Waals surface area contributed by atoms with Gasteiger partial charge in [0.05, 0.1) is 0 Å². The fraction of sp³-hybridized carbons (Fsp3) is 0.286. The number of aromatic nitrogens is 2. The highest BCUT2D eigenvalue weighted by Gasteiger charge is 2.10. The van der Waals surface area contributed by atoms with Gasteiger partial charge in [-0.3, -0.25) is 0 Å². The van der Waals surface area contributed by atoms with E-state index in [2.05, 4.69) is 31.2 Å². The predicted molar refractivity (Wildman–Crippen MR) is 83.3 cm³/mol. The van der Waals surface area contributed by atoms with E-state index in [1.54, 1.807) is 0 Å². The number of nitrogens with one attached hydrogen (secondary N) is 1. The monoisotopic (exact) mass is 339 g/mol. The highest BCUT2D eigenvalue weighted by molar-refractivity contribution is 9.10. The number of aryl methyl sites for hydroxylation is 1. The molecule has 0 saturated heterocycles. The Bertz CT molecular complexity index is 614. The molecule has 1 N–H and O–H groups in total. The quantitative estimate of drug-likeness (QED) is 0.814. The van der Waals surface area contributed by atoms with Crippen LogP contribution in [0.1, 0.15) is 23.9 Å². The Labute approximate surface area is 126 Å². The van der Waals surface area contributed by atoms with Crippen molar-refractivity contribution in [3.63, 3.8) is 0 Å². The van der Waals surface area contributed by atoms with Crippen molar-refractivity contribution in [1.29, 1.82) is 0 Å². The third kappa shape index (κ3) is 3.07. The van der Waals surface area contributed by atoms with Crippen LogP contribution in [0, 0.1) is 13.8 Å². The SMILES string of the molecule is CCc1nc(Cl)c(C)c(Nc2cccc(Br)c2C)n1. The van der Waals surface area contributed by atoms with E-state index < -0.39 is 0 Å². The fourth-order valence-electron chi connectivity index (χ4n) is 1.68. The Kier molecular flexibility index (Phi) is 4.42. The van der Waals surface area contributed by atoms with Crippen LogP contribution >= 0.6 is 27.5 Å². The molecular formula is C14H15BrClN3. The van der Waals surface area contributed by atoms with Gasteiger partial charge in [0, 0.05) is 22.1 Å². The maximum absolute atomic E-state index is 6.13.